The van der Waals surface area contributed by atoms with Gasteiger partial charge in [-0.05, 0) is 31.0 Å². The Morgan fingerprint density at radius 1 is 1.21 bits per heavy atom. The van der Waals surface area contributed by atoms with Crippen LogP contribution < -0.4 is 15.3 Å². The minimum atomic E-state index is -4.53. The second kappa shape index (κ2) is 7.52. The molecule has 1 aliphatic heterocycles. The number of ether oxygens (including phenoxy) is 1. The highest BCUT2D eigenvalue weighted by Crippen LogP contribution is 2.36. The van der Waals surface area contributed by atoms with Crippen molar-refractivity contribution in [3.63, 3.8) is 0 Å². The molecule has 0 spiro atoms. The summed E-state index contributed by atoms with van der Waals surface area (Å²) in [6.07, 6.45) is -2.69. The maximum atomic E-state index is 12.9. The van der Waals surface area contributed by atoms with E-state index in [-0.39, 0.29) is 5.69 Å². The average Bonchev–Trinajstić information content (AvgIpc) is 2.99. The second-order valence-electron chi connectivity index (χ2n) is 5.34. The Hall–Kier alpha value is -2.29. The molecule has 1 amide bonds. The Balaban J connectivity index is 2.17. The van der Waals surface area contributed by atoms with Gasteiger partial charge in [-0.25, -0.2) is 0 Å². The van der Waals surface area contributed by atoms with Gasteiger partial charge < -0.3 is 24.9 Å². The first-order chi connectivity index (χ1) is 11.3. The summed E-state index contributed by atoms with van der Waals surface area (Å²) >= 11 is 0. The molecule has 0 radical (unpaired) electrons. The van der Waals surface area contributed by atoms with Gasteiger partial charge in [-0.2, -0.15) is 13.2 Å². The molecule has 2 rings (SSSR count). The van der Waals surface area contributed by atoms with Crippen LogP contribution in [0.5, 0.6) is 0 Å². The number of alkyl halides is 3. The van der Waals surface area contributed by atoms with Gasteiger partial charge in [0.2, 0.25) is 5.91 Å². The molecule has 0 saturated carbocycles. The van der Waals surface area contributed by atoms with E-state index in [1.165, 1.54) is 6.07 Å². The van der Waals surface area contributed by atoms with E-state index in [0.717, 1.165) is 25.0 Å². The molecule has 6 nitrogen and oxygen atoms in total. The maximum Gasteiger partial charge on any atom is 0.416 e. The maximum absolute atomic E-state index is 12.9. The zero-order valence-corrected chi connectivity index (χ0v) is 12.7. The van der Waals surface area contributed by atoms with Crippen LogP contribution >= 0.6 is 0 Å². The molecule has 132 valence electrons. The number of benzene rings is 1. The van der Waals surface area contributed by atoms with Gasteiger partial charge >= 0.3 is 6.18 Å². The van der Waals surface area contributed by atoms with E-state index in [9.17, 15) is 27.9 Å². The Labute approximate surface area is 136 Å². The number of carboxylic acid groups (broad SMARTS) is 1. The lowest BCUT2D eigenvalue weighted by Gasteiger charge is -2.23. The van der Waals surface area contributed by atoms with E-state index in [2.05, 4.69) is 10.1 Å². The number of hydrogen-bond acceptors (Lipinski definition) is 5. The predicted octanol–water partition coefficient (Wildman–Crippen LogP) is 1.01. The Bertz CT molecular complexity index is 613. The largest absolute Gasteiger partial charge is 0.548 e. The van der Waals surface area contributed by atoms with E-state index >= 15 is 0 Å². The number of aliphatic carboxylic acids is 1. The summed E-state index contributed by atoms with van der Waals surface area (Å²) in [5.41, 5.74) is -0.362. The lowest BCUT2D eigenvalue weighted by molar-refractivity contribution is -0.309. The first kappa shape index (κ1) is 18.1. The van der Waals surface area contributed by atoms with Crippen LogP contribution in [-0.4, -0.2) is 38.2 Å². The standard InChI is InChI=1S/C15H17F3N2O4/c16-15(17,18)10-3-4-12(20-5-1-2-6-20)11(7-10)19-13(21)8-24-9-14(22)23/h3-4,7H,1-2,5-6,8-9H2,(H,19,21)(H,22,23)/p-1. The van der Waals surface area contributed by atoms with Gasteiger partial charge in [0.1, 0.15) is 6.61 Å². The van der Waals surface area contributed by atoms with Crippen molar-refractivity contribution in [1.82, 2.24) is 0 Å². The molecule has 0 aromatic heterocycles. The van der Waals surface area contributed by atoms with E-state index in [1.54, 1.807) is 0 Å². The van der Waals surface area contributed by atoms with E-state index in [1.807, 2.05) is 4.90 Å². The predicted molar refractivity (Wildman–Crippen MR) is 77.3 cm³/mol. The molecule has 1 aromatic carbocycles. The number of amides is 1. The lowest BCUT2D eigenvalue weighted by Crippen LogP contribution is -2.30. The number of anilines is 2. The molecule has 24 heavy (non-hydrogen) atoms. The quantitative estimate of drug-likeness (QED) is 0.832. The van der Waals surface area contributed by atoms with Crippen LogP contribution in [0.1, 0.15) is 18.4 Å². The molecule has 0 atom stereocenters. The highest BCUT2D eigenvalue weighted by Gasteiger charge is 2.32. The number of hydrogen-bond donors (Lipinski definition) is 1. The van der Waals surface area contributed by atoms with Gasteiger partial charge in [-0.15, -0.1) is 0 Å². The number of carboxylic acids is 1. The van der Waals surface area contributed by atoms with Crippen molar-refractivity contribution < 1.29 is 32.6 Å². The first-order valence-corrected chi connectivity index (χ1v) is 7.31. The summed E-state index contributed by atoms with van der Waals surface area (Å²) in [7, 11) is 0. The van der Waals surface area contributed by atoms with Crippen molar-refractivity contribution in [3.05, 3.63) is 23.8 Å². The third-order valence-corrected chi connectivity index (χ3v) is 3.50. The molecule has 1 fully saturated rings. The fourth-order valence-corrected chi connectivity index (χ4v) is 2.46. The fraction of sp³-hybridized carbons (Fsp3) is 0.467. The Morgan fingerprint density at radius 2 is 1.88 bits per heavy atom. The van der Waals surface area contributed by atoms with E-state index in [4.69, 9.17) is 0 Å². The number of rotatable bonds is 6. The molecule has 1 heterocycles. The van der Waals surface area contributed by atoms with Crippen LogP contribution in [0.25, 0.3) is 0 Å². The van der Waals surface area contributed by atoms with Crippen LogP contribution in [0, 0.1) is 0 Å². The summed E-state index contributed by atoms with van der Waals surface area (Å²) in [5, 5.41) is 12.6. The van der Waals surface area contributed by atoms with E-state index in [0.29, 0.717) is 18.8 Å². The molecule has 1 N–H and O–H groups in total. The van der Waals surface area contributed by atoms with Gasteiger partial charge in [0.05, 0.1) is 29.5 Å². The number of nitrogens with one attached hydrogen (secondary N) is 1. The van der Waals surface area contributed by atoms with Crippen LogP contribution in [0.2, 0.25) is 0 Å². The van der Waals surface area contributed by atoms with Gasteiger partial charge in [-0.3, -0.25) is 4.79 Å². The molecule has 0 aliphatic carbocycles. The summed E-state index contributed by atoms with van der Waals surface area (Å²) in [6.45, 7) is 0.0174. The minimum Gasteiger partial charge on any atom is -0.548 e. The normalized spacial score (nSPS) is 14.7. The van der Waals surface area contributed by atoms with Crippen molar-refractivity contribution in [3.8, 4) is 0 Å². The molecule has 0 unspecified atom stereocenters. The molecule has 1 aliphatic rings. The summed E-state index contributed by atoms with van der Waals surface area (Å²) in [6, 6.07) is 3.16. The Morgan fingerprint density at radius 3 is 2.46 bits per heavy atom. The number of carbonyl (C=O) groups is 2. The Kier molecular flexibility index (Phi) is 5.66. The molecule has 1 aromatic rings. The fourth-order valence-electron chi connectivity index (χ4n) is 2.46. The lowest BCUT2D eigenvalue weighted by atomic mass is 10.1. The monoisotopic (exact) mass is 345 g/mol. The number of nitrogens with zero attached hydrogens (tertiary/aromatic N) is 1. The SMILES string of the molecule is O=C([O-])COCC(=O)Nc1cc(C(F)(F)F)ccc1N1CCCC1. The summed E-state index contributed by atoms with van der Waals surface area (Å²) in [4.78, 5) is 23.9. The molecule has 0 bridgehead atoms. The smallest absolute Gasteiger partial charge is 0.416 e. The zero-order chi connectivity index (χ0) is 17.7. The summed E-state index contributed by atoms with van der Waals surface area (Å²) < 4.78 is 43.2. The highest BCUT2D eigenvalue weighted by atomic mass is 19.4. The first-order valence-electron chi connectivity index (χ1n) is 7.31. The van der Waals surface area contributed by atoms with Crippen molar-refractivity contribution in [1.29, 1.82) is 0 Å². The van der Waals surface area contributed by atoms with Crippen molar-refractivity contribution >= 4 is 23.3 Å². The van der Waals surface area contributed by atoms with Gasteiger partial charge in [0.25, 0.3) is 0 Å². The number of carbonyl (C=O) groups excluding carboxylic acids is 2. The van der Waals surface area contributed by atoms with Crippen LogP contribution in [0.15, 0.2) is 18.2 Å². The molecular formula is C15H16F3N2O4-. The van der Waals surface area contributed by atoms with E-state index < -0.39 is 36.8 Å². The van der Waals surface area contributed by atoms with Crippen molar-refractivity contribution in [2.45, 2.75) is 19.0 Å². The number of halogens is 3. The summed E-state index contributed by atoms with van der Waals surface area (Å²) in [5.74, 6) is -2.23. The average molecular weight is 345 g/mol. The molecule has 1 saturated heterocycles. The van der Waals surface area contributed by atoms with Crippen LogP contribution in [0.4, 0.5) is 24.5 Å². The third kappa shape index (κ3) is 4.85. The van der Waals surface area contributed by atoms with Gasteiger partial charge in [-0.1, -0.05) is 0 Å². The van der Waals surface area contributed by atoms with Gasteiger partial charge in [0, 0.05) is 13.1 Å². The molecular weight excluding hydrogens is 329 g/mol. The second-order valence-corrected chi connectivity index (χ2v) is 5.34. The van der Waals surface area contributed by atoms with Crippen LogP contribution in [0.3, 0.4) is 0 Å². The van der Waals surface area contributed by atoms with Gasteiger partial charge in [0.15, 0.2) is 0 Å². The topological polar surface area (TPSA) is 81.7 Å². The zero-order valence-electron chi connectivity index (χ0n) is 12.7. The third-order valence-electron chi connectivity index (χ3n) is 3.50. The van der Waals surface area contributed by atoms with Crippen LogP contribution in [-0.2, 0) is 20.5 Å². The minimum absolute atomic E-state index is 0.0220. The van der Waals surface area contributed by atoms with Crippen molar-refractivity contribution in [2.75, 3.05) is 36.5 Å². The molecule has 9 heteroatoms. The van der Waals surface area contributed by atoms with Crippen molar-refractivity contribution in [2.24, 2.45) is 0 Å². The highest BCUT2D eigenvalue weighted by molar-refractivity contribution is 5.95.